The summed E-state index contributed by atoms with van der Waals surface area (Å²) in [7, 11) is 0. The van der Waals surface area contributed by atoms with Crippen LogP contribution in [0, 0.1) is 0 Å². The number of ether oxygens (including phenoxy) is 1. The molecule has 0 fully saturated rings. The second-order valence-corrected chi connectivity index (χ2v) is 3.91. The molecule has 0 aromatic carbocycles. The van der Waals surface area contributed by atoms with Gasteiger partial charge in [-0.3, -0.25) is 4.79 Å². The molecule has 15 heavy (non-hydrogen) atoms. The van der Waals surface area contributed by atoms with Gasteiger partial charge in [-0.2, -0.15) is 0 Å². The molecule has 0 atom stereocenters. The molecule has 0 aliphatic carbocycles. The molecule has 0 aliphatic heterocycles. The molecular formula is C10H17NO4. The largest absolute Gasteiger partial charge is 0.444 e. The molecule has 0 heterocycles. The average molecular weight is 215 g/mol. The Labute approximate surface area is 89.1 Å². The standard InChI is InChI=1S/C10H17NO4/c1-10(2,3)15-9(14)11-6-4-5-8(13)7-12/h4-5,12H,6-7H2,1-3H3,(H,11,14)/b5-4+. The first-order valence-electron chi connectivity index (χ1n) is 4.62. The third-order valence-electron chi connectivity index (χ3n) is 1.22. The molecule has 2 N–H and O–H groups in total. The highest BCUT2D eigenvalue weighted by Crippen LogP contribution is 2.05. The average Bonchev–Trinajstić information content (AvgIpc) is 2.09. The van der Waals surface area contributed by atoms with Crippen molar-refractivity contribution in [3.63, 3.8) is 0 Å². The van der Waals surface area contributed by atoms with Crippen molar-refractivity contribution in [3.05, 3.63) is 12.2 Å². The van der Waals surface area contributed by atoms with Crippen molar-refractivity contribution >= 4 is 11.9 Å². The molecule has 0 aromatic heterocycles. The third kappa shape index (κ3) is 8.96. The van der Waals surface area contributed by atoms with Crippen LogP contribution in [0.25, 0.3) is 0 Å². The highest BCUT2D eigenvalue weighted by Gasteiger charge is 2.14. The van der Waals surface area contributed by atoms with Crippen molar-refractivity contribution in [1.82, 2.24) is 5.32 Å². The van der Waals surface area contributed by atoms with Gasteiger partial charge >= 0.3 is 6.09 Å². The number of amides is 1. The second kappa shape index (κ2) is 6.19. The minimum atomic E-state index is -0.538. The zero-order valence-electron chi connectivity index (χ0n) is 9.24. The summed E-state index contributed by atoms with van der Waals surface area (Å²) in [6, 6.07) is 0. The number of ketones is 1. The summed E-state index contributed by atoms with van der Waals surface area (Å²) in [6.45, 7) is 4.96. The first-order valence-corrected chi connectivity index (χ1v) is 4.62. The Kier molecular flexibility index (Phi) is 5.62. The summed E-state index contributed by atoms with van der Waals surface area (Å²) in [6.07, 6.45) is 2.11. The van der Waals surface area contributed by atoms with Crippen LogP contribution in [-0.2, 0) is 9.53 Å². The lowest BCUT2D eigenvalue weighted by atomic mass is 10.2. The lowest BCUT2D eigenvalue weighted by Crippen LogP contribution is -2.32. The molecule has 86 valence electrons. The summed E-state index contributed by atoms with van der Waals surface area (Å²) in [5.74, 6) is -0.402. The number of alkyl carbamates (subject to hydrolysis) is 1. The number of aliphatic hydroxyl groups is 1. The van der Waals surface area contributed by atoms with Crippen LogP contribution in [0.15, 0.2) is 12.2 Å². The van der Waals surface area contributed by atoms with E-state index in [2.05, 4.69) is 5.32 Å². The first-order chi connectivity index (χ1) is 6.85. The highest BCUT2D eigenvalue weighted by molar-refractivity contribution is 5.90. The number of nitrogens with one attached hydrogen (secondary N) is 1. The maximum atomic E-state index is 11.1. The van der Waals surface area contributed by atoms with Gasteiger partial charge < -0.3 is 15.2 Å². The Balaban J connectivity index is 3.74. The van der Waals surface area contributed by atoms with Gasteiger partial charge in [-0.05, 0) is 26.8 Å². The molecule has 1 amide bonds. The number of hydrogen-bond donors (Lipinski definition) is 2. The second-order valence-electron chi connectivity index (χ2n) is 3.91. The fraction of sp³-hybridized carbons (Fsp3) is 0.600. The highest BCUT2D eigenvalue weighted by atomic mass is 16.6. The van der Waals surface area contributed by atoms with Gasteiger partial charge in [-0.1, -0.05) is 6.08 Å². The monoisotopic (exact) mass is 215 g/mol. The number of aliphatic hydroxyl groups excluding tert-OH is 1. The van der Waals surface area contributed by atoms with E-state index in [-0.39, 0.29) is 6.54 Å². The van der Waals surface area contributed by atoms with Gasteiger partial charge in [0, 0.05) is 6.54 Å². The number of carbonyl (C=O) groups excluding carboxylic acids is 2. The lowest BCUT2D eigenvalue weighted by Gasteiger charge is -2.19. The van der Waals surface area contributed by atoms with Crippen LogP contribution in [0.4, 0.5) is 4.79 Å². The summed E-state index contributed by atoms with van der Waals surface area (Å²) in [5, 5.41) is 10.8. The molecule has 0 saturated carbocycles. The number of hydrogen-bond acceptors (Lipinski definition) is 4. The topological polar surface area (TPSA) is 75.6 Å². The van der Waals surface area contributed by atoms with Gasteiger partial charge in [-0.25, -0.2) is 4.79 Å². The third-order valence-corrected chi connectivity index (χ3v) is 1.22. The number of carbonyl (C=O) groups is 2. The Morgan fingerprint density at radius 2 is 2.00 bits per heavy atom. The Hall–Kier alpha value is -1.36. The molecule has 0 bridgehead atoms. The Morgan fingerprint density at radius 1 is 1.40 bits per heavy atom. The van der Waals surface area contributed by atoms with Gasteiger partial charge in [0.05, 0.1) is 0 Å². The summed E-state index contributed by atoms with van der Waals surface area (Å²) in [5.41, 5.74) is -0.533. The van der Waals surface area contributed by atoms with Gasteiger partial charge in [0.25, 0.3) is 0 Å². The molecule has 0 aliphatic rings. The molecule has 0 spiro atoms. The van der Waals surface area contributed by atoms with E-state index in [9.17, 15) is 9.59 Å². The van der Waals surface area contributed by atoms with Gasteiger partial charge in [0.2, 0.25) is 0 Å². The van der Waals surface area contributed by atoms with Crippen LogP contribution >= 0.6 is 0 Å². The minimum Gasteiger partial charge on any atom is -0.444 e. The Morgan fingerprint density at radius 3 is 2.47 bits per heavy atom. The predicted molar refractivity (Wildman–Crippen MR) is 55.5 cm³/mol. The van der Waals surface area contributed by atoms with Gasteiger partial charge in [-0.15, -0.1) is 0 Å². The zero-order valence-corrected chi connectivity index (χ0v) is 9.24. The van der Waals surface area contributed by atoms with E-state index >= 15 is 0 Å². The molecule has 0 rings (SSSR count). The smallest absolute Gasteiger partial charge is 0.407 e. The van der Waals surface area contributed by atoms with Crippen molar-refractivity contribution in [2.75, 3.05) is 13.2 Å². The quantitative estimate of drug-likeness (QED) is 0.674. The SMILES string of the molecule is CC(C)(C)OC(=O)NC/C=C/C(=O)CO. The van der Waals surface area contributed by atoms with E-state index in [0.29, 0.717) is 0 Å². The van der Waals surface area contributed by atoms with Gasteiger partial charge in [0.15, 0.2) is 5.78 Å². The first kappa shape index (κ1) is 13.6. The van der Waals surface area contributed by atoms with Crippen molar-refractivity contribution in [1.29, 1.82) is 0 Å². The van der Waals surface area contributed by atoms with E-state index in [4.69, 9.17) is 9.84 Å². The van der Waals surface area contributed by atoms with E-state index in [1.807, 2.05) is 0 Å². The van der Waals surface area contributed by atoms with Crippen molar-refractivity contribution in [2.24, 2.45) is 0 Å². The van der Waals surface area contributed by atoms with Crippen LogP contribution < -0.4 is 5.32 Å². The van der Waals surface area contributed by atoms with Crippen LogP contribution in [-0.4, -0.2) is 35.7 Å². The summed E-state index contributed by atoms with van der Waals surface area (Å²) in [4.78, 5) is 21.7. The molecule has 0 saturated heterocycles. The summed E-state index contributed by atoms with van der Waals surface area (Å²) < 4.78 is 4.95. The molecule has 5 heteroatoms. The molecular weight excluding hydrogens is 198 g/mol. The fourth-order valence-corrected chi connectivity index (χ4v) is 0.700. The minimum absolute atomic E-state index is 0.195. The van der Waals surface area contributed by atoms with Crippen LogP contribution in [0.5, 0.6) is 0 Å². The van der Waals surface area contributed by atoms with E-state index in [1.54, 1.807) is 20.8 Å². The van der Waals surface area contributed by atoms with Crippen LogP contribution in [0.3, 0.4) is 0 Å². The maximum absolute atomic E-state index is 11.1. The van der Waals surface area contributed by atoms with Crippen molar-refractivity contribution in [3.8, 4) is 0 Å². The normalized spacial score (nSPS) is 11.5. The molecule has 0 radical (unpaired) electrons. The van der Waals surface area contributed by atoms with Crippen LogP contribution in [0.1, 0.15) is 20.8 Å². The molecule has 5 nitrogen and oxygen atoms in total. The van der Waals surface area contributed by atoms with E-state index in [0.717, 1.165) is 0 Å². The zero-order chi connectivity index (χ0) is 11.9. The van der Waals surface area contributed by atoms with E-state index in [1.165, 1.54) is 12.2 Å². The van der Waals surface area contributed by atoms with Crippen molar-refractivity contribution in [2.45, 2.75) is 26.4 Å². The Bertz CT molecular complexity index is 253. The lowest BCUT2D eigenvalue weighted by molar-refractivity contribution is -0.117. The number of rotatable bonds is 4. The van der Waals surface area contributed by atoms with Crippen LogP contribution in [0.2, 0.25) is 0 Å². The predicted octanol–water partition coefficient (Wildman–Crippen LogP) is 0.629. The van der Waals surface area contributed by atoms with E-state index < -0.39 is 24.1 Å². The summed E-state index contributed by atoms with van der Waals surface area (Å²) >= 11 is 0. The molecule has 0 aromatic rings. The maximum Gasteiger partial charge on any atom is 0.407 e. The molecule has 0 unspecified atom stereocenters. The van der Waals surface area contributed by atoms with Gasteiger partial charge in [0.1, 0.15) is 12.2 Å². The van der Waals surface area contributed by atoms with Crippen molar-refractivity contribution < 1.29 is 19.4 Å². The fourth-order valence-electron chi connectivity index (χ4n) is 0.700.